The largest absolute Gasteiger partial charge is 0.508 e. The van der Waals surface area contributed by atoms with Crippen molar-refractivity contribution in [1.29, 1.82) is 0 Å². The molecule has 1 fully saturated rings. The van der Waals surface area contributed by atoms with E-state index in [9.17, 15) is 39.6 Å². The van der Waals surface area contributed by atoms with Crippen molar-refractivity contribution in [3.05, 3.63) is 64.4 Å². The molecule has 2 unspecified atom stereocenters. The SMILES string of the molecule is CC(=O)c1cccc(-c2ccc(O)c3c2C[C@H]2C[C@H]4CC(O)C(C(N)=O)C(=O)[C@@]4(O)C(O)=C2C3=O)c1. The predicted octanol–water partition coefficient (Wildman–Crippen LogP) is 1.62. The topological polar surface area (TPSA) is 175 Å². The van der Waals surface area contributed by atoms with Crippen LogP contribution in [0.1, 0.15) is 46.0 Å². The summed E-state index contributed by atoms with van der Waals surface area (Å²) in [5.41, 5.74) is 4.77. The average molecular weight is 491 g/mol. The van der Waals surface area contributed by atoms with Crippen molar-refractivity contribution in [3.8, 4) is 16.9 Å². The number of fused-ring (bicyclic) bond motifs is 3. The van der Waals surface area contributed by atoms with Gasteiger partial charge in [-0.05, 0) is 60.9 Å². The Morgan fingerprint density at radius 2 is 1.81 bits per heavy atom. The smallest absolute Gasteiger partial charge is 0.230 e. The van der Waals surface area contributed by atoms with Gasteiger partial charge < -0.3 is 26.2 Å². The first-order chi connectivity index (χ1) is 17.0. The van der Waals surface area contributed by atoms with Gasteiger partial charge in [-0.1, -0.05) is 24.3 Å². The van der Waals surface area contributed by atoms with Crippen LogP contribution in [0.5, 0.6) is 5.75 Å². The Kier molecular flexibility index (Phi) is 5.38. The van der Waals surface area contributed by atoms with Crippen LogP contribution in [0.2, 0.25) is 0 Å². The van der Waals surface area contributed by atoms with Gasteiger partial charge in [-0.2, -0.15) is 0 Å². The fourth-order valence-electron chi connectivity index (χ4n) is 6.10. The minimum absolute atomic E-state index is 0.0599. The number of allylic oxidation sites excluding steroid dienone is 1. The van der Waals surface area contributed by atoms with E-state index >= 15 is 0 Å². The Hall–Kier alpha value is -3.82. The van der Waals surface area contributed by atoms with E-state index in [1.165, 1.54) is 13.0 Å². The van der Waals surface area contributed by atoms with Gasteiger partial charge in [0.15, 0.2) is 23.0 Å². The number of primary amides is 1. The van der Waals surface area contributed by atoms with Crippen LogP contribution in [0.25, 0.3) is 11.1 Å². The third kappa shape index (κ3) is 3.23. The number of nitrogens with two attached hydrogens (primary N) is 1. The molecular formula is C27H25NO8. The third-order valence-corrected chi connectivity index (χ3v) is 7.85. The molecule has 0 aliphatic heterocycles. The van der Waals surface area contributed by atoms with Gasteiger partial charge in [0.1, 0.15) is 17.4 Å². The van der Waals surface area contributed by atoms with Gasteiger partial charge in [0, 0.05) is 17.1 Å². The lowest BCUT2D eigenvalue weighted by atomic mass is 9.57. The molecule has 0 saturated heterocycles. The second-order valence-corrected chi connectivity index (χ2v) is 9.86. The number of rotatable bonds is 3. The van der Waals surface area contributed by atoms with Crippen molar-refractivity contribution in [2.45, 2.75) is 37.9 Å². The van der Waals surface area contributed by atoms with Gasteiger partial charge in [0.05, 0.1) is 11.7 Å². The number of carbonyl (C=O) groups excluding carboxylic acids is 4. The number of phenolic OH excluding ortho intramolecular Hbond substituents is 1. The number of hydrogen-bond donors (Lipinski definition) is 5. The fourth-order valence-corrected chi connectivity index (χ4v) is 6.10. The highest BCUT2D eigenvalue weighted by molar-refractivity contribution is 6.16. The Morgan fingerprint density at radius 1 is 1.08 bits per heavy atom. The second-order valence-electron chi connectivity index (χ2n) is 9.86. The minimum Gasteiger partial charge on any atom is -0.508 e. The van der Waals surface area contributed by atoms with E-state index in [0.29, 0.717) is 22.3 Å². The molecule has 5 rings (SSSR count). The lowest BCUT2D eigenvalue weighted by Gasteiger charge is -2.48. The highest BCUT2D eigenvalue weighted by Gasteiger charge is 2.62. The van der Waals surface area contributed by atoms with E-state index in [0.717, 1.165) is 0 Å². The molecule has 186 valence electrons. The van der Waals surface area contributed by atoms with Crippen LogP contribution in [-0.4, -0.2) is 55.4 Å². The summed E-state index contributed by atoms with van der Waals surface area (Å²) in [5, 5.41) is 43.5. The molecule has 1 saturated carbocycles. The number of amides is 1. The highest BCUT2D eigenvalue weighted by atomic mass is 16.3. The average Bonchev–Trinajstić information content (AvgIpc) is 2.81. The molecule has 0 spiro atoms. The molecule has 0 aromatic heterocycles. The summed E-state index contributed by atoms with van der Waals surface area (Å²) in [6, 6.07) is 9.87. The number of Topliss-reactive ketones (excluding diaryl/α,β-unsaturated/α-hetero) is 3. The molecule has 1 amide bonds. The maximum atomic E-state index is 13.6. The van der Waals surface area contributed by atoms with E-state index in [1.54, 1.807) is 30.3 Å². The molecule has 2 aromatic carbocycles. The van der Waals surface area contributed by atoms with Crippen molar-refractivity contribution >= 4 is 23.3 Å². The second kappa shape index (κ2) is 8.11. The van der Waals surface area contributed by atoms with E-state index in [-0.39, 0.29) is 41.9 Å². The zero-order valence-electron chi connectivity index (χ0n) is 19.4. The Bertz CT molecular complexity index is 1390. The molecular weight excluding hydrogens is 466 g/mol. The normalized spacial score (nSPS) is 29.3. The van der Waals surface area contributed by atoms with Crippen molar-refractivity contribution in [3.63, 3.8) is 0 Å². The number of ketones is 3. The number of aliphatic hydroxyl groups excluding tert-OH is 2. The summed E-state index contributed by atoms with van der Waals surface area (Å²) in [7, 11) is 0. The molecule has 2 aromatic rings. The first-order valence-corrected chi connectivity index (χ1v) is 11.6. The first kappa shape index (κ1) is 23.9. The van der Waals surface area contributed by atoms with Gasteiger partial charge in [0.25, 0.3) is 0 Å². The highest BCUT2D eigenvalue weighted by Crippen LogP contribution is 2.52. The standard InChI is InChI=1S/C27H25NO8/c1-11(29)12-3-2-4-13(7-12)16-5-6-18(30)21-17(16)9-14-8-15-10-19(31)22(26(28)35)25(34)27(15,36)24(33)20(14)23(21)32/h2-7,14-15,19,22,30-31,33,36H,8-10H2,1H3,(H2,28,35)/t14-,15+,19?,22?,27+/m1/s1. The zero-order valence-corrected chi connectivity index (χ0v) is 19.4. The number of hydrogen-bond acceptors (Lipinski definition) is 8. The van der Waals surface area contributed by atoms with Crippen LogP contribution < -0.4 is 5.73 Å². The van der Waals surface area contributed by atoms with Crippen LogP contribution in [0.15, 0.2) is 47.7 Å². The van der Waals surface area contributed by atoms with Crippen LogP contribution >= 0.6 is 0 Å². The number of aromatic hydroxyl groups is 1. The van der Waals surface area contributed by atoms with E-state index < -0.39 is 52.7 Å². The number of carbonyl (C=O) groups is 4. The number of phenols is 1. The van der Waals surface area contributed by atoms with Crippen molar-refractivity contribution in [1.82, 2.24) is 0 Å². The zero-order chi connectivity index (χ0) is 26.1. The Morgan fingerprint density at radius 3 is 2.47 bits per heavy atom. The molecule has 3 aliphatic carbocycles. The summed E-state index contributed by atoms with van der Waals surface area (Å²) in [5.74, 6) is -7.59. The van der Waals surface area contributed by atoms with Gasteiger partial charge >= 0.3 is 0 Å². The number of benzene rings is 2. The number of aliphatic hydroxyl groups is 3. The molecule has 9 nitrogen and oxygen atoms in total. The summed E-state index contributed by atoms with van der Waals surface area (Å²) >= 11 is 0. The summed E-state index contributed by atoms with van der Waals surface area (Å²) in [4.78, 5) is 50.4. The molecule has 3 aliphatic rings. The Labute approximate surface area is 205 Å². The van der Waals surface area contributed by atoms with Crippen molar-refractivity contribution < 1.29 is 39.6 Å². The van der Waals surface area contributed by atoms with Gasteiger partial charge in [0.2, 0.25) is 5.91 Å². The summed E-state index contributed by atoms with van der Waals surface area (Å²) in [6.45, 7) is 1.45. The maximum absolute atomic E-state index is 13.6. The maximum Gasteiger partial charge on any atom is 0.230 e. The van der Waals surface area contributed by atoms with Crippen LogP contribution in [-0.2, 0) is 16.0 Å². The van der Waals surface area contributed by atoms with Crippen LogP contribution in [0, 0.1) is 17.8 Å². The van der Waals surface area contributed by atoms with E-state index in [2.05, 4.69) is 0 Å². The summed E-state index contributed by atoms with van der Waals surface area (Å²) < 4.78 is 0. The molecule has 5 atom stereocenters. The van der Waals surface area contributed by atoms with Gasteiger partial charge in [-0.3, -0.25) is 19.2 Å². The van der Waals surface area contributed by atoms with Crippen molar-refractivity contribution in [2.75, 3.05) is 0 Å². The third-order valence-electron chi connectivity index (χ3n) is 7.85. The minimum atomic E-state index is -2.54. The fraction of sp³-hybridized carbons (Fsp3) is 0.333. The van der Waals surface area contributed by atoms with E-state index in [1.807, 2.05) is 0 Å². The molecule has 0 heterocycles. The van der Waals surface area contributed by atoms with Crippen molar-refractivity contribution in [2.24, 2.45) is 23.5 Å². The van der Waals surface area contributed by atoms with Crippen LogP contribution in [0.4, 0.5) is 0 Å². The molecule has 0 radical (unpaired) electrons. The quantitative estimate of drug-likeness (QED) is 0.318. The molecule has 0 bridgehead atoms. The molecule has 9 heteroatoms. The Balaban J connectivity index is 1.67. The predicted molar refractivity (Wildman–Crippen MR) is 126 cm³/mol. The molecule has 6 N–H and O–H groups in total. The van der Waals surface area contributed by atoms with E-state index in [4.69, 9.17) is 5.73 Å². The molecule has 36 heavy (non-hydrogen) atoms. The monoisotopic (exact) mass is 491 g/mol. The lowest BCUT2D eigenvalue weighted by molar-refractivity contribution is -0.167. The summed E-state index contributed by atoms with van der Waals surface area (Å²) in [6.07, 6.45) is -1.31. The van der Waals surface area contributed by atoms with Gasteiger partial charge in [-0.25, -0.2) is 0 Å². The van der Waals surface area contributed by atoms with Crippen LogP contribution in [0.3, 0.4) is 0 Å². The lowest BCUT2D eigenvalue weighted by Crippen LogP contribution is -2.63. The van der Waals surface area contributed by atoms with Gasteiger partial charge in [-0.15, -0.1) is 0 Å². The first-order valence-electron chi connectivity index (χ1n) is 11.6.